The van der Waals surface area contributed by atoms with E-state index in [2.05, 4.69) is 41.6 Å². The molecule has 0 radical (unpaired) electrons. The lowest BCUT2D eigenvalue weighted by Crippen LogP contribution is -2.21. The Morgan fingerprint density at radius 1 is 1.00 bits per heavy atom. The summed E-state index contributed by atoms with van der Waals surface area (Å²) in [7, 11) is 1.46. The van der Waals surface area contributed by atoms with Crippen LogP contribution in [0.15, 0.2) is 59.2 Å². The van der Waals surface area contributed by atoms with Crippen molar-refractivity contribution >= 4 is 39.2 Å². The van der Waals surface area contributed by atoms with E-state index >= 15 is 0 Å². The number of nitrogens with zero attached hydrogens (tertiary/aromatic N) is 1. The van der Waals surface area contributed by atoms with Gasteiger partial charge in [0.2, 0.25) is 0 Å². The molecule has 0 atom stereocenters. The summed E-state index contributed by atoms with van der Waals surface area (Å²) < 4.78 is 50.0. The molecule has 2 aromatic carbocycles. The lowest BCUT2D eigenvalue weighted by atomic mass is 10.2. The number of nitrogens with one attached hydrogen (secondary N) is 3. The van der Waals surface area contributed by atoms with E-state index in [9.17, 15) is 22.8 Å². The highest BCUT2D eigenvalue weighted by atomic mass is 79.9. The third-order valence-electron chi connectivity index (χ3n) is 4.02. The summed E-state index contributed by atoms with van der Waals surface area (Å²) in [6, 6.07) is 9.71. The number of hydrogen-bond acceptors (Lipinski definition) is 5. The summed E-state index contributed by atoms with van der Waals surface area (Å²) >= 11 is 3.17. The Bertz CT molecular complexity index is 1180. The van der Waals surface area contributed by atoms with Gasteiger partial charge in [0.25, 0.3) is 5.91 Å². The average Bonchev–Trinajstić information content (AvgIpc) is 2.77. The first-order valence-electron chi connectivity index (χ1n) is 9.23. The number of benzene rings is 2. The van der Waals surface area contributed by atoms with Gasteiger partial charge in [-0.25, -0.2) is 9.18 Å². The van der Waals surface area contributed by atoms with Crippen molar-refractivity contribution in [2.45, 2.75) is 6.61 Å². The molecule has 0 saturated heterocycles. The van der Waals surface area contributed by atoms with Gasteiger partial charge in [0, 0.05) is 29.8 Å². The van der Waals surface area contributed by atoms with Crippen molar-refractivity contribution < 1.29 is 32.2 Å². The number of carbonyl (C=O) groups is 2. The smallest absolute Gasteiger partial charge is 0.387 e. The number of ether oxygens (including phenoxy) is 2. The number of alkyl halides is 2. The van der Waals surface area contributed by atoms with Gasteiger partial charge in [-0.15, -0.1) is 0 Å². The van der Waals surface area contributed by atoms with Gasteiger partial charge in [0.1, 0.15) is 28.8 Å². The molecular formula is C21H16BrF3N4O4. The topological polar surface area (TPSA) is 102 Å². The molecule has 0 unspecified atom stereocenters. The van der Waals surface area contributed by atoms with E-state index in [1.807, 2.05) is 0 Å². The van der Waals surface area contributed by atoms with Crippen LogP contribution in [-0.4, -0.2) is 30.6 Å². The van der Waals surface area contributed by atoms with Crippen LogP contribution in [0, 0.1) is 5.82 Å². The van der Waals surface area contributed by atoms with E-state index in [1.165, 1.54) is 55.7 Å². The molecule has 1 aromatic heterocycles. The predicted octanol–water partition coefficient (Wildman–Crippen LogP) is 5.38. The number of urea groups is 1. The Labute approximate surface area is 194 Å². The molecule has 0 bridgehead atoms. The molecular weight excluding hydrogens is 509 g/mol. The van der Waals surface area contributed by atoms with E-state index in [1.54, 1.807) is 0 Å². The van der Waals surface area contributed by atoms with Crippen molar-refractivity contribution in [3.05, 3.63) is 70.7 Å². The Morgan fingerprint density at radius 2 is 1.73 bits per heavy atom. The quantitative estimate of drug-likeness (QED) is 0.385. The molecule has 3 aromatic rings. The van der Waals surface area contributed by atoms with Crippen molar-refractivity contribution in [1.29, 1.82) is 0 Å². The van der Waals surface area contributed by atoms with Crippen molar-refractivity contribution in [3.8, 4) is 17.2 Å². The minimum Gasteiger partial charge on any atom is -0.457 e. The fourth-order valence-electron chi connectivity index (χ4n) is 2.60. The molecule has 33 heavy (non-hydrogen) atoms. The molecule has 0 aliphatic heterocycles. The molecule has 0 aliphatic rings. The highest BCUT2D eigenvalue weighted by Crippen LogP contribution is 2.30. The highest BCUT2D eigenvalue weighted by Gasteiger charge is 2.15. The van der Waals surface area contributed by atoms with E-state index in [4.69, 9.17) is 4.74 Å². The fourth-order valence-corrected chi connectivity index (χ4v) is 2.96. The third kappa shape index (κ3) is 6.59. The molecule has 8 nitrogen and oxygen atoms in total. The summed E-state index contributed by atoms with van der Waals surface area (Å²) in [4.78, 5) is 27.8. The summed E-state index contributed by atoms with van der Waals surface area (Å²) in [6.07, 6.45) is 1.37. The molecule has 172 valence electrons. The minimum atomic E-state index is -3.09. The number of carbonyl (C=O) groups excluding carboxylic acids is 2. The number of amides is 3. The fraction of sp³-hybridized carbons (Fsp3) is 0.0952. The van der Waals surface area contributed by atoms with Gasteiger partial charge in [-0.2, -0.15) is 8.78 Å². The monoisotopic (exact) mass is 524 g/mol. The molecule has 3 amide bonds. The molecule has 0 saturated carbocycles. The van der Waals surface area contributed by atoms with Crippen LogP contribution >= 0.6 is 15.9 Å². The molecule has 3 rings (SSSR count). The summed E-state index contributed by atoms with van der Waals surface area (Å²) in [6.45, 7) is -3.09. The Kier molecular flexibility index (Phi) is 7.72. The van der Waals surface area contributed by atoms with Gasteiger partial charge in [-0.05, 0) is 36.4 Å². The maximum Gasteiger partial charge on any atom is 0.387 e. The summed E-state index contributed by atoms with van der Waals surface area (Å²) in [5, 5.41) is 7.04. The van der Waals surface area contributed by atoms with Crippen molar-refractivity contribution in [1.82, 2.24) is 10.3 Å². The summed E-state index contributed by atoms with van der Waals surface area (Å²) in [5.41, 5.74) is -0.118. The van der Waals surface area contributed by atoms with Gasteiger partial charge in [-0.1, -0.05) is 15.9 Å². The largest absolute Gasteiger partial charge is 0.457 e. The SMILES string of the molecule is CNC(=O)c1cc(Oc2ccc(NC(=O)Nc3cc(Br)ccc3OC(F)F)c(F)c2)ccn1. The van der Waals surface area contributed by atoms with Crippen LogP contribution in [0.2, 0.25) is 0 Å². The zero-order valence-electron chi connectivity index (χ0n) is 16.9. The Morgan fingerprint density at radius 3 is 2.42 bits per heavy atom. The normalized spacial score (nSPS) is 10.5. The zero-order valence-corrected chi connectivity index (χ0v) is 18.5. The average molecular weight is 525 g/mol. The van der Waals surface area contributed by atoms with Crippen LogP contribution in [-0.2, 0) is 0 Å². The van der Waals surface area contributed by atoms with E-state index < -0.39 is 24.4 Å². The minimum absolute atomic E-state index is 0.0489. The second-order valence-corrected chi connectivity index (χ2v) is 7.21. The van der Waals surface area contributed by atoms with Crippen LogP contribution in [0.5, 0.6) is 17.2 Å². The Hall–Kier alpha value is -3.80. The number of pyridine rings is 1. The highest BCUT2D eigenvalue weighted by molar-refractivity contribution is 9.10. The van der Waals surface area contributed by atoms with Gasteiger partial charge < -0.3 is 25.4 Å². The molecule has 1 heterocycles. The van der Waals surface area contributed by atoms with Gasteiger partial charge in [0.05, 0.1) is 11.4 Å². The maximum atomic E-state index is 14.5. The second kappa shape index (κ2) is 10.7. The van der Waals surface area contributed by atoms with Crippen LogP contribution in [0.25, 0.3) is 0 Å². The van der Waals surface area contributed by atoms with E-state index in [0.29, 0.717) is 4.47 Å². The lowest BCUT2D eigenvalue weighted by Gasteiger charge is -2.14. The van der Waals surface area contributed by atoms with Crippen LogP contribution in [0.3, 0.4) is 0 Å². The van der Waals surface area contributed by atoms with Gasteiger partial charge in [0.15, 0.2) is 0 Å². The standard InChI is InChI=1S/C21H16BrF3N4O4/c1-26-19(30)17-10-13(6-7-27-17)32-12-3-4-15(14(23)9-12)28-21(31)29-16-8-11(22)2-5-18(16)33-20(24)25/h2-10,20H,1H3,(H,26,30)(H2,28,29,31). The van der Waals surface area contributed by atoms with Crippen LogP contribution in [0.1, 0.15) is 10.5 Å². The van der Waals surface area contributed by atoms with Crippen molar-refractivity contribution in [3.63, 3.8) is 0 Å². The first kappa shape index (κ1) is 23.9. The van der Waals surface area contributed by atoms with Crippen molar-refractivity contribution in [2.24, 2.45) is 0 Å². The number of rotatable bonds is 7. The number of aromatic nitrogens is 1. The lowest BCUT2D eigenvalue weighted by molar-refractivity contribution is -0.0493. The first-order chi connectivity index (χ1) is 15.7. The van der Waals surface area contributed by atoms with E-state index in [0.717, 1.165) is 6.07 Å². The third-order valence-corrected chi connectivity index (χ3v) is 4.51. The zero-order chi connectivity index (χ0) is 24.0. The number of hydrogen-bond donors (Lipinski definition) is 3. The van der Waals surface area contributed by atoms with Crippen LogP contribution < -0.4 is 25.4 Å². The molecule has 0 aliphatic carbocycles. The molecule has 0 fully saturated rings. The number of halogens is 4. The number of anilines is 2. The second-order valence-electron chi connectivity index (χ2n) is 6.30. The van der Waals surface area contributed by atoms with E-state index in [-0.39, 0.29) is 34.3 Å². The summed E-state index contributed by atoms with van der Waals surface area (Å²) in [5.74, 6) is -1.14. The Balaban J connectivity index is 1.69. The predicted molar refractivity (Wildman–Crippen MR) is 118 cm³/mol. The van der Waals surface area contributed by atoms with Crippen molar-refractivity contribution in [2.75, 3.05) is 17.7 Å². The van der Waals surface area contributed by atoms with Gasteiger partial charge >= 0.3 is 12.6 Å². The van der Waals surface area contributed by atoms with Gasteiger partial charge in [-0.3, -0.25) is 9.78 Å². The maximum absolute atomic E-state index is 14.5. The molecule has 12 heteroatoms. The van der Waals surface area contributed by atoms with Crippen LogP contribution in [0.4, 0.5) is 29.3 Å². The first-order valence-corrected chi connectivity index (χ1v) is 10.0. The molecule has 3 N–H and O–H groups in total. The molecule has 0 spiro atoms.